The summed E-state index contributed by atoms with van der Waals surface area (Å²) in [5, 5.41) is 0.488. The van der Waals surface area contributed by atoms with Gasteiger partial charge in [-0.3, -0.25) is 9.69 Å². The van der Waals surface area contributed by atoms with Gasteiger partial charge in [-0.15, -0.1) is 0 Å². The van der Waals surface area contributed by atoms with Gasteiger partial charge in [0, 0.05) is 6.26 Å². The molecule has 8 heteroatoms. The van der Waals surface area contributed by atoms with E-state index < -0.39 is 9.84 Å². The van der Waals surface area contributed by atoms with Gasteiger partial charge in [0.2, 0.25) is 5.91 Å². The molecule has 0 fully saturated rings. The van der Waals surface area contributed by atoms with Gasteiger partial charge < -0.3 is 0 Å². The summed E-state index contributed by atoms with van der Waals surface area (Å²) in [5.41, 5.74) is 2.26. The quantitative estimate of drug-likeness (QED) is 0.427. The van der Waals surface area contributed by atoms with Crippen LogP contribution in [0.4, 0.5) is 9.52 Å². The van der Waals surface area contributed by atoms with Gasteiger partial charge in [-0.1, -0.05) is 53.8 Å². The van der Waals surface area contributed by atoms with Crippen LogP contribution in [0.5, 0.6) is 0 Å². The van der Waals surface area contributed by atoms with Gasteiger partial charge in [0.05, 0.1) is 28.1 Å². The number of nitrogens with zero attached hydrogens (tertiary/aromatic N) is 2. The van der Waals surface area contributed by atoms with Crippen molar-refractivity contribution in [3.8, 4) is 0 Å². The minimum atomic E-state index is -3.30. The Morgan fingerprint density at radius 2 is 1.71 bits per heavy atom. The van der Waals surface area contributed by atoms with Crippen LogP contribution in [-0.4, -0.2) is 25.6 Å². The first-order valence-corrected chi connectivity index (χ1v) is 12.2. The molecule has 5 nitrogen and oxygen atoms in total. The highest BCUT2D eigenvalue weighted by molar-refractivity contribution is 7.90. The number of benzene rings is 3. The van der Waals surface area contributed by atoms with Gasteiger partial charge in [-0.05, 0) is 41.5 Å². The lowest BCUT2D eigenvalue weighted by atomic mass is 10.1. The van der Waals surface area contributed by atoms with E-state index in [4.69, 9.17) is 0 Å². The Bertz CT molecular complexity index is 1330. The lowest BCUT2D eigenvalue weighted by Crippen LogP contribution is -2.31. The molecule has 4 rings (SSSR count). The molecule has 4 aromatic rings. The molecule has 0 spiro atoms. The largest absolute Gasteiger partial charge is 0.283 e. The van der Waals surface area contributed by atoms with E-state index in [1.165, 1.54) is 35.6 Å². The average molecular weight is 455 g/mol. The van der Waals surface area contributed by atoms with E-state index in [1.807, 2.05) is 30.3 Å². The molecule has 0 aliphatic rings. The Balaban J connectivity index is 1.65. The van der Waals surface area contributed by atoms with Gasteiger partial charge in [-0.25, -0.2) is 17.8 Å². The molecule has 1 heterocycles. The van der Waals surface area contributed by atoms with Crippen LogP contribution in [0.1, 0.15) is 11.1 Å². The van der Waals surface area contributed by atoms with Crippen LogP contribution in [0.3, 0.4) is 0 Å². The number of hydrogen-bond donors (Lipinski definition) is 0. The highest BCUT2D eigenvalue weighted by Gasteiger charge is 2.21. The monoisotopic (exact) mass is 454 g/mol. The Morgan fingerprint density at radius 1 is 1.00 bits per heavy atom. The number of fused-ring (bicyclic) bond motifs is 1. The number of amides is 1. The third-order valence-corrected chi connectivity index (χ3v) is 6.93. The summed E-state index contributed by atoms with van der Waals surface area (Å²) in [6.45, 7) is 0.323. The predicted octanol–water partition coefficient (Wildman–Crippen LogP) is 4.61. The van der Waals surface area contributed by atoms with Crippen LogP contribution in [0.15, 0.2) is 77.7 Å². The summed E-state index contributed by atoms with van der Waals surface area (Å²) in [7, 11) is -3.30. The fourth-order valence-electron chi connectivity index (χ4n) is 3.15. The van der Waals surface area contributed by atoms with Gasteiger partial charge >= 0.3 is 0 Å². The standard InChI is InChI=1S/C23H19FN2O3S2/c1-31(28,29)19-10-7-16(8-11-19)13-22(27)26(15-17-5-3-2-4-6-17)23-25-20-12-9-18(24)14-21(20)30-23/h2-12,14H,13,15H2,1H3. The topological polar surface area (TPSA) is 67.3 Å². The summed E-state index contributed by atoms with van der Waals surface area (Å²) < 4.78 is 37.6. The molecule has 1 aromatic heterocycles. The van der Waals surface area contributed by atoms with Crippen LogP contribution < -0.4 is 4.90 Å². The maximum absolute atomic E-state index is 13.6. The third-order valence-electron chi connectivity index (χ3n) is 4.76. The summed E-state index contributed by atoms with van der Waals surface area (Å²) in [6, 6.07) is 20.2. The second-order valence-corrected chi connectivity index (χ2v) is 10.2. The van der Waals surface area contributed by atoms with E-state index in [0.29, 0.717) is 27.5 Å². The van der Waals surface area contributed by atoms with Crippen molar-refractivity contribution in [1.29, 1.82) is 0 Å². The molecular weight excluding hydrogens is 435 g/mol. The van der Waals surface area contributed by atoms with Crippen molar-refractivity contribution < 1.29 is 17.6 Å². The zero-order valence-electron chi connectivity index (χ0n) is 16.7. The molecule has 1 amide bonds. The maximum Gasteiger partial charge on any atom is 0.233 e. The van der Waals surface area contributed by atoms with E-state index in [1.54, 1.807) is 23.1 Å². The minimum absolute atomic E-state index is 0.0845. The summed E-state index contributed by atoms with van der Waals surface area (Å²) in [6.07, 6.45) is 1.23. The van der Waals surface area contributed by atoms with E-state index in [2.05, 4.69) is 4.98 Å². The Morgan fingerprint density at radius 3 is 2.39 bits per heavy atom. The molecule has 31 heavy (non-hydrogen) atoms. The molecule has 0 unspecified atom stereocenters. The van der Waals surface area contributed by atoms with Crippen molar-refractivity contribution in [2.45, 2.75) is 17.9 Å². The zero-order valence-corrected chi connectivity index (χ0v) is 18.3. The van der Waals surface area contributed by atoms with Gasteiger partial charge in [0.1, 0.15) is 5.82 Å². The number of halogens is 1. The van der Waals surface area contributed by atoms with E-state index in [0.717, 1.165) is 11.8 Å². The number of thiazole rings is 1. The molecule has 0 N–H and O–H groups in total. The molecule has 0 aliphatic carbocycles. The Hall–Kier alpha value is -3.10. The van der Waals surface area contributed by atoms with Crippen LogP contribution in [0, 0.1) is 5.82 Å². The molecular formula is C23H19FN2O3S2. The molecule has 0 bridgehead atoms. The average Bonchev–Trinajstić information content (AvgIpc) is 3.15. The van der Waals surface area contributed by atoms with E-state index in [-0.39, 0.29) is 23.0 Å². The van der Waals surface area contributed by atoms with E-state index in [9.17, 15) is 17.6 Å². The van der Waals surface area contributed by atoms with E-state index >= 15 is 0 Å². The van der Waals surface area contributed by atoms with Crippen molar-refractivity contribution in [2.75, 3.05) is 11.2 Å². The minimum Gasteiger partial charge on any atom is -0.283 e. The first-order valence-electron chi connectivity index (χ1n) is 9.49. The number of sulfone groups is 1. The fourth-order valence-corrected chi connectivity index (χ4v) is 4.79. The fraction of sp³-hybridized carbons (Fsp3) is 0.130. The Kier molecular flexibility index (Phi) is 5.84. The van der Waals surface area contributed by atoms with Crippen LogP contribution in [0.25, 0.3) is 10.2 Å². The molecule has 0 atom stereocenters. The Labute approximate surface area is 183 Å². The van der Waals surface area contributed by atoms with Crippen molar-refractivity contribution in [3.63, 3.8) is 0 Å². The SMILES string of the molecule is CS(=O)(=O)c1ccc(CC(=O)N(Cc2ccccc2)c2nc3ccc(F)cc3s2)cc1. The van der Waals surface area contributed by atoms with Crippen molar-refractivity contribution in [3.05, 3.63) is 89.7 Å². The molecule has 0 saturated carbocycles. The summed E-state index contributed by atoms with van der Waals surface area (Å²) in [4.78, 5) is 19.6. The van der Waals surface area contributed by atoms with Crippen molar-refractivity contribution in [2.24, 2.45) is 0 Å². The van der Waals surface area contributed by atoms with Crippen molar-refractivity contribution in [1.82, 2.24) is 4.98 Å². The molecule has 0 radical (unpaired) electrons. The number of aromatic nitrogens is 1. The molecule has 0 aliphatic heterocycles. The zero-order chi connectivity index (χ0) is 22.0. The van der Waals surface area contributed by atoms with Gasteiger partial charge in [0.15, 0.2) is 15.0 Å². The number of carbonyl (C=O) groups is 1. The smallest absolute Gasteiger partial charge is 0.233 e. The van der Waals surface area contributed by atoms with Gasteiger partial charge in [0.25, 0.3) is 0 Å². The lowest BCUT2D eigenvalue weighted by molar-refractivity contribution is -0.118. The van der Waals surface area contributed by atoms with Crippen LogP contribution in [-0.2, 0) is 27.6 Å². The van der Waals surface area contributed by atoms with Crippen LogP contribution in [0.2, 0.25) is 0 Å². The highest BCUT2D eigenvalue weighted by Crippen LogP contribution is 2.31. The summed E-state index contributed by atoms with van der Waals surface area (Å²) >= 11 is 1.26. The predicted molar refractivity (Wildman–Crippen MR) is 120 cm³/mol. The first kappa shape index (κ1) is 21.1. The van der Waals surface area contributed by atoms with Gasteiger partial charge in [-0.2, -0.15) is 0 Å². The molecule has 0 saturated heterocycles. The maximum atomic E-state index is 13.6. The third kappa shape index (κ3) is 4.98. The number of rotatable bonds is 6. The first-order chi connectivity index (χ1) is 14.8. The number of hydrogen-bond acceptors (Lipinski definition) is 5. The second-order valence-electron chi connectivity index (χ2n) is 7.17. The summed E-state index contributed by atoms with van der Waals surface area (Å²) in [5.74, 6) is -0.537. The molecule has 158 valence electrons. The number of anilines is 1. The van der Waals surface area contributed by atoms with Crippen LogP contribution >= 0.6 is 11.3 Å². The highest BCUT2D eigenvalue weighted by atomic mass is 32.2. The normalized spacial score (nSPS) is 11.5. The second kappa shape index (κ2) is 8.56. The molecule has 3 aromatic carbocycles. The lowest BCUT2D eigenvalue weighted by Gasteiger charge is -2.20. The van der Waals surface area contributed by atoms with Crippen molar-refractivity contribution >= 4 is 42.4 Å². The number of carbonyl (C=O) groups excluding carboxylic acids is 1.